The second-order valence-corrected chi connectivity index (χ2v) is 5.05. The molecule has 0 radical (unpaired) electrons. The van der Waals surface area contributed by atoms with Crippen molar-refractivity contribution in [2.45, 2.75) is 51.1 Å². The van der Waals surface area contributed by atoms with Crippen LogP contribution in [0.25, 0.3) is 0 Å². The smallest absolute Gasteiger partial charge is 0.219 e. The molecule has 86 valence electrons. The molecule has 3 heteroatoms. The van der Waals surface area contributed by atoms with E-state index in [1.807, 2.05) is 6.92 Å². The van der Waals surface area contributed by atoms with E-state index in [0.29, 0.717) is 12.3 Å². The quantitative estimate of drug-likeness (QED) is 0.763. The van der Waals surface area contributed by atoms with Crippen molar-refractivity contribution in [2.75, 3.05) is 13.6 Å². The van der Waals surface area contributed by atoms with Crippen LogP contribution in [-0.4, -0.2) is 36.5 Å². The van der Waals surface area contributed by atoms with Crippen molar-refractivity contribution < 1.29 is 4.79 Å². The molecule has 2 heterocycles. The van der Waals surface area contributed by atoms with Crippen molar-refractivity contribution in [1.82, 2.24) is 10.2 Å². The highest BCUT2D eigenvalue weighted by molar-refractivity contribution is 5.75. The molecule has 0 saturated carbocycles. The van der Waals surface area contributed by atoms with E-state index in [1.54, 1.807) is 0 Å². The van der Waals surface area contributed by atoms with Crippen LogP contribution in [0.2, 0.25) is 0 Å². The van der Waals surface area contributed by atoms with Gasteiger partial charge in [0.15, 0.2) is 0 Å². The van der Waals surface area contributed by atoms with Gasteiger partial charge >= 0.3 is 0 Å². The van der Waals surface area contributed by atoms with Gasteiger partial charge in [-0.25, -0.2) is 0 Å². The summed E-state index contributed by atoms with van der Waals surface area (Å²) in [6.45, 7) is 2.81. The highest BCUT2D eigenvalue weighted by atomic mass is 16.1. The highest BCUT2D eigenvalue weighted by Gasteiger charge is 2.38. The van der Waals surface area contributed by atoms with Crippen molar-refractivity contribution >= 4 is 5.91 Å². The monoisotopic (exact) mass is 210 g/mol. The summed E-state index contributed by atoms with van der Waals surface area (Å²) in [4.78, 5) is 13.7. The Bertz CT molecular complexity index is 228. The molecule has 2 rings (SSSR count). The van der Waals surface area contributed by atoms with Crippen LogP contribution >= 0.6 is 0 Å². The maximum absolute atomic E-state index is 11.2. The van der Waals surface area contributed by atoms with E-state index in [1.165, 1.54) is 25.7 Å². The molecular weight excluding hydrogens is 188 g/mol. The molecular formula is C12H22N2O. The molecule has 2 aliphatic rings. The molecule has 0 aromatic rings. The summed E-state index contributed by atoms with van der Waals surface area (Å²) >= 11 is 0. The minimum atomic E-state index is 0.196. The van der Waals surface area contributed by atoms with Crippen LogP contribution < -0.4 is 5.32 Å². The SMILES string of the molecule is CCC(=O)NCC1CC2CCC(C1)N2C. The Kier molecular flexibility index (Phi) is 3.29. The molecule has 1 N–H and O–H groups in total. The van der Waals surface area contributed by atoms with E-state index >= 15 is 0 Å². The second kappa shape index (κ2) is 4.52. The van der Waals surface area contributed by atoms with E-state index < -0.39 is 0 Å². The molecule has 2 saturated heterocycles. The molecule has 2 fully saturated rings. The van der Waals surface area contributed by atoms with Crippen LogP contribution in [0.15, 0.2) is 0 Å². The number of amides is 1. The van der Waals surface area contributed by atoms with Crippen LogP contribution in [0.3, 0.4) is 0 Å². The molecule has 15 heavy (non-hydrogen) atoms. The van der Waals surface area contributed by atoms with Crippen LogP contribution in [0.5, 0.6) is 0 Å². The zero-order chi connectivity index (χ0) is 10.8. The van der Waals surface area contributed by atoms with Crippen molar-refractivity contribution in [1.29, 1.82) is 0 Å². The lowest BCUT2D eigenvalue weighted by molar-refractivity contribution is -0.121. The van der Waals surface area contributed by atoms with E-state index in [4.69, 9.17) is 0 Å². The Hall–Kier alpha value is -0.570. The van der Waals surface area contributed by atoms with Crippen LogP contribution in [0, 0.1) is 5.92 Å². The molecule has 0 aromatic carbocycles. The first-order valence-corrected chi connectivity index (χ1v) is 6.19. The van der Waals surface area contributed by atoms with Crippen molar-refractivity contribution in [3.05, 3.63) is 0 Å². The Balaban J connectivity index is 1.79. The Morgan fingerprint density at radius 1 is 1.33 bits per heavy atom. The molecule has 0 aromatic heterocycles. The van der Waals surface area contributed by atoms with Crippen molar-refractivity contribution in [2.24, 2.45) is 5.92 Å². The first kappa shape index (κ1) is 10.9. The highest BCUT2D eigenvalue weighted by Crippen LogP contribution is 2.36. The zero-order valence-electron chi connectivity index (χ0n) is 9.83. The first-order chi connectivity index (χ1) is 7.20. The van der Waals surface area contributed by atoms with Crippen LogP contribution in [0.4, 0.5) is 0 Å². The molecule has 2 bridgehead atoms. The third kappa shape index (κ3) is 2.33. The fourth-order valence-corrected chi connectivity index (χ4v) is 3.07. The minimum absolute atomic E-state index is 0.196. The largest absolute Gasteiger partial charge is 0.356 e. The average Bonchev–Trinajstić information content (AvgIpc) is 2.50. The second-order valence-electron chi connectivity index (χ2n) is 5.05. The third-order valence-corrected chi connectivity index (χ3v) is 4.10. The van der Waals surface area contributed by atoms with Gasteiger partial charge in [0.05, 0.1) is 0 Å². The predicted octanol–water partition coefficient (Wildman–Crippen LogP) is 1.39. The number of nitrogens with one attached hydrogen (secondary N) is 1. The van der Waals surface area contributed by atoms with Gasteiger partial charge in [-0.15, -0.1) is 0 Å². The van der Waals surface area contributed by atoms with Crippen molar-refractivity contribution in [3.8, 4) is 0 Å². The third-order valence-electron chi connectivity index (χ3n) is 4.10. The standard InChI is InChI=1S/C12H22N2O/c1-3-12(15)13-8-9-6-10-4-5-11(7-9)14(10)2/h9-11H,3-8H2,1-2H3,(H,13,15). The molecule has 0 aliphatic carbocycles. The topological polar surface area (TPSA) is 32.3 Å². The summed E-state index contributed by atoms with van der Waals surface area (Å²) < 4.78 is 0. The zero-order valence-corrected chi connectivity index (χ0v) is 9.83. The number of nitrogens with zero attached hydrogens (tertiary/aromatic N) is 1. The molecule has 2 unspecified atom stereocenters. The van der Waals surface area contributed by atoms with E-state index in [2.05, 4.69) is 17.3 Å². The maximum Gasteiger partial charge on any atom is 0.219 e. The number of piperidine rings is 1. The van der Waals surface area contributed by atoms with Gasteiger partial charge in [0.1, 0.15) is 0 Å². The Morgan fingerprint density at radius 2 is 1.93 bits per heavy atom. The van der Waals surface area contributed by atoms with Gasteiger partial charge in [-0.1, -0.05) is 6.92 Å². The summed E-state index contributed by atoms with van der Waals surface area (Å²) in [5, 5.41) is 3.03. The summed E-state index contributed by atoms with van der Waals surface area (Å²) in [5.41, 5.74) is 0. The number of hydrogen-bond acceptors (Lipinski definition) is 2. The lowest BCUT2D eigenvalue weighted by Gasteiger charge is -2.36. The Morgan fingerprint density at radius 3 is 2.47 bits per heavy atom. The van der Waals surface area contributed by atoms with E-state index in [-0.39, 0.29) is 5.91 Å². The minimum Gasteiger partial charge on any atom is -0.356 e. The van der Waals surface area contributed by atoms with Gasteiger partial charge < -0.3 is 10.2 Å². The first-order valence-electron chi connectivity index (χ1n) is 6.19. The summed E-state index contributed by atoms with van der Waals surface area (Å²) in [7, 11) is 2.25. The summed E-state index contributed by atoms with van der Waals surface area (Å²) in [5.74, 6) is 0.912. The predicted molar refractivity (Wildman–Crippen MR) is 60.6 cm³/mol. The molecule has 1 amide bonds. The molecule has 2 atom stereocenters. The van der Waals surface area contributed by atoms with Gasteiger partial charge in [-0.05, 0) is 38.6 Å². The molecule has 2 aliphatic heterocycles. The van der Waals surface area contributed by atoms with E-state index in [9.17, 15) is 4.79 Å². The summed E-state index contributed by atoms with van der Waals surface area (Å²) in [6, 6.07) is 1.57. The lowest BCUT2D eigenvalue weighted by Crippen LogP contribution is -2.43. The number of carbonyl (C=O) groups excluding carboxylic acids is 1. The molecule has 3 nitrogen and oxygen atoms in total. The van der Waals surface area contributed by atoms with E-state index in [0.717, 1.165) is 18.6 Å². The maximum atomic E-state index is 11.2. The van der Waals surface area contributed by atoms with Crippen LogP contribution in [0.1, 0.15) is 39.0 Å². The van der Waals surface area contributed by atoms with Gasteiger partial charge in [-0.2, -0.15) is 0 Å². The van der Waals surface area contributed by atoms with Crippen LogP contribution in [-0.2, 0) is 4.79 Å². The fraction of sp³-hybridized carbons (Fsp3) is 0.917. The molecule has 0 spiro atoms. The normalized spacial score (nSPS) is 35.5. The Labute approximate surface area is 92.2 Å². The lowest BCUT2D eigenvalue weighted by atomic mass is 9.91. The van der Waals surface area contributed by atoms with Gasteiger partial charge in [-0.3, -0.25) is 4.79 Å². The van der Waals surface area contributed by atoms with Gasteiger partial charge in [0, 0.05) is 25.0 Å². The number of rotatable bonds is 3. The fourth-order valence-electron chi connectivity index (χ4n) is 3.07. The van der Waals surface area contributed by atoms with Crippen molar-refractivity contribution in [3.63, 3.8) is 0 Å². The van der Waals surface area contributed by atoms with Gasteiger partial charge in [0.2, 0.25) is 5.91 Å². The number of fused-ring (bicyclic) bond motifs is 2. The van der Waals surface area contributed by atoms with Gasteiger partial charge in [0.25, 0.3) is 0 Å². The average molecular weight is 210 g/mol. The number of hydrogen-bond donors (Lipinski definition) is 1. The number of carbonyl (C=O) groups is 1. The summed E-state index contributed by atoms with van der Waals surface area (Å²) in [6.07, 6.45) is 5.88.